The van der Waals surface area contributed by atoms with Crippen LogP contribution in [-0.4, -0.2) is 40.9 Å². The molecule has 1 saturated heterocycles. The first-order valence-electron chi connectivity index (χ1n) is 9.00. The predicted octanol–water partition coefficient (Wildman–Crippen LogP) is 3.15. The number of nitrogens with zero attached hydrogens (tertiary/aromatic N) is 3. The lowest BCUT2D eigenvalue weighted by Gasteiger charge is -2.34. The van der Waals surface area contributed by atoms with Crippen LogP contribution in [0.2, 0.25) is 0 Å². The molecule has 2 N–H and O–H groups in total. The highest BCUT2D eigenvalue weighted by atomic mass is 19.1. The zero-order valence-corrected chi connectivity index (χ0v) is 15.2. The van der Waals surface area contributed by atoms with Crippen molar-refractivity contribution in [2.24, 2.45) is 0 Å². The number of nitrogens with one attached hydrogen (secondary N) is 1. The Morgan fingerprint density at radius 3 is 2.85 bits per heavy atom. The Hall–Kier alpha value is -2.41. The third-order valence-electron chi connectivity index (χ3n) is 4.53. The lowest BCUT2D eigenvalue weighted by atomic mass is 10.0. The van der Waals surface area contributed by atoms with E-state index in [4.69, 9.17) is 4.74 Å². The summed E-state index contributed by atoms with van der Waals surface area (Å²) in [5.41, 5.74) is 1.83. The van der Waals surface area contributed by atoms with E-state index in [1.54, 1.807) is 18.5 Å². The molecule has 0 spiro atoms. The van der Waals surface area contributed by atoms with Gasteiger partial charge in [0.15, 0.2) is 0 Å². The second kappa shape index (κ2) is 8.31. The van der Waals surface area contributed by atoms with Crippen molar-refractivity contribution in [1.82, 2.24) is 9.97 Å². The van der Waals surface area contributed by atoms with Gasteiger partial charge < -0.3 is 20.1 Å². The van der Waals surface area contributed by atoms with E-state index in [1.807, 2.05) is 19.9 Å². The van der Waals surface area contributed by atoms with Crippen molar-refractivity contribution in [1.29, 1.82) is 0 Å². The van der Waals surface area contributed by atoms with Crippen molar-refractivity contribution in [3.8, 4) is 5.88 Å². The molecule has 0 radical (unpaired) electrons. The van der Waals surface area contributed by atoms with Crippen molar-refractivity contribution in [3.05, 3.63) is 42.0 Å². The number of aliphatic hydroxyl groups is 1. The number of aromatic nitrogens is 2. The van der Waals surface area contributed by atoms with Gasteiger partial charge in [-0.3, -0.25) is 4.98 Å². The first-order valence-corrected chi connectivity index (χ1v) is 9.00. The van der Waals surface area contributed by atoms with Crippen LogP contribution in [-0.2, 0) is 0 Å². The Morgan fingerprint density at radius 2 is 2.12 bits per heavy atom. The highest BCUT2D eigenvalue weighted by Gasteiger charge is 2.22. The van der Waals surface area contributed by atoms with E-state index >= 15 is 0 Å². The molecule has 1 fully saturated rings. The van der Waals surface area contributed by atoms with Crippen LogP contribution >= 0.6 is 0 Å². The molecular formula is C19H25FN4O2. The summed E-state index contributed by atoms with van der Waals surface area (Å²) < 4.78 is 19.3. The molecule has 3 rings (SSSR count). The molecule has 1 aliphatic heterocycles. The maximum atomic E-state index is 13.9. The molecule has 6 nitrogen and oxygen atoms in total. The van der Waals surface area contributed by atoms with E-state index in [-0.39, 0.29) is 18.0 Å². The number of ether oxygens (including phenoxy) is 1. The first-order chi connectivity index (χ1) is 12.6. The molecule has 0 aliphatic carbocycles. The summed E-state index contributed by atoms with van der Waals surface area (Å²) in [4.78, 5) is 10.7. The van der Waals surface area contributed by atoms with Crippen molar-refractivity contribution < 1.29 is 14.2 Å². The molecule has 0 amide bonds. The van der Waals surface area contributed by atoms with Gasteiger partial charge in [-0.05, 0) is 44.9 Å². The van der Waals surface area contributed by atoms with Crippen LogP contribution in [0.3, 0.4) is 0 Å². The summed E-state index contributed by atoms with van der Waals surface area (Å²) in [6.07, 6.45) is 4.38. The van der Waals surface area contributed by atoms with Gasteiger partial charge in [0, 0.05) is 24.3 Å². The maximum Gasteiger partial charge on any atom is 0.234 e. The number of hydrogen-bond donors (Lipinski definition) is 2. The largest absolute Gasteiger partial charge is 0.477 e. The zero-order chi connectivity index (χ0) is 18.5. The molecular weight excluding hydrogens is 335 g/mol. The molecule has 1 aromatic carbocycles. The van der Waals surface area contributed by atoms with Crippen LogP contribution in [0.1, 0.15) is 38.3 Å². The van der Waals surface area contributed by atoms with Gasteiger partial charge in [0.2, 0.25) is 5.88 Å². The van der Waals surface area contributed by atoms with Gasteiger partial charge in [-0.25, -0.2) is 4.39 Å². The van der Waals surface area contributed by atoms with Crippen LogP contribution in [0.25, 0.3) is 0 Å². The summed E-state index contributed by atoms with van der Waals surface area (Å²) in [6.45, 7) is 5.88. The third-order valence-corrected chi connectivity index (χ3v) is 4.53. The molecule has 7 heteroatoms. The molecule has 0 saturated carbocycles. The summed E-state index contributed by atoms with van der Waals surface area (Å²) in [7, 11) is 0. The molecule has 1 aliphatic rings. The lowest BCUT2D eigenvalue weighted by molar-refractivity contribution is 0.145. The normalized spacial score (nSPS) is 16.4. The second-order valence-electron chi connectivity index (χ2n) is 6.46. The number of halogens is 1. The van der Waals surface area contributed by atoms with Gasteiger partial charge in [-0.1, -0.05) is 0 Å². The van der Waals surface area contributed by atoms with Crippen molar-refractivity contribution >= 4 is 11.5 Å². The Labute approximate surface area is 153 Å². The predicted molar refractivity (Wildman–Crippen MR) is 99.1 cm³/mol. The number of aliphatic hydroxyl groups excluding tert-OH is 1. The third kappa shape index (κ3) is 4.40. The fourth-order valence-electron chi connectivity index (χ4n) is 3.20. The quantitative estimate of drug-likeness (QED) is 0.825. The minimum absolute atomic E-state index is 0.168. The number of benzene rings is 1. The van der Waals surface area contributed by atoms with Gasteiger partial charge in [0.25, 0.3) is 0 Å². The average molecular weight is 360 g/mol. The number of piperidine rings is 1. The molecule has 1 atom stereocenters. The molecule has 0 bridgehead atoms. The highest BCUT2D eigenvalue weighted by Crippen LogP contribution is 2.31. The molecule has 2 heterocycles. The van der Waals surface area contributed by atoms with E-state index < -0.39 is 0 Å². The van der Waals surface area contributed by atoms with Crippen LogP contribution < -0.4 is 15.0 Å². The molecule has 1 aromatic heterocycles. The lowest BCUT2D eigenvalue weighted by Crippen LogP contribution is -2.36. The first kappa shape index (κ1) is 18.4. The standard InChI is InChI=1S/C19H25FN4O2/c1-3-26-19-12-21-11-18(23-19)22-13(2)16-10-14(20)4-5-17(16)24-8-6-15(25)7-9-24/h4-5,10-13,15,25H,3,6-9H2,1-2H3,(H,22,23). The van der Waals surface area contributed by atoms with Crippen LogP contribution in [0.4, 0.5) is 15.9 Å². The van der Waals surface area contributed by atoms with E-state index in [0.717, 1.165) is 37.2 Å². The Morgan fingerprint density at radius 1 is 1.35 bits per heavy atom. The Balaban J connectivity index is 1.81. The molecule has 140 valence electrons. The molecule has 26 heavy (non-hydrogen) atoms. The highest BCUT2D eigenvalue weighted by molar-refractivity contribution is 5.57. The van der Waals surface area contributed by atoms with Gasteiger partial charge >= 0.3 is 0 Å². The zero-order valence-electron chi connectivity index (χ0n) is 15.2. The van der Waals surface area contributed by atoms with Crippen molar-refractivity contribution in [2.75, 3.05) is 29.9 Å². The van der Waals surface area contributed by atoms with Crippen LogP contribution in [0.15, 0.2) is 30.6 Å². The van der Waals surface area contributed by atoms with Crippen molar-refractivity contribution in [3.63, 3.8) is 0 Å². The van der Waals surface area contributed by atoms with Gasteiger partial charge in [-0.2, -0.15) is 4.98 Å². The van der Waals surface area contributed by atoms with Crippen LogP contribution in [0.5, 0.6) is 5.88 Å². The van der Waals surface area contributed by atoms with Crippen molar-refractivity contribution in [2.45, 2.75) is 38.8 Å². The van der Waals surface area contributed by atoms with Gasteiger partial charge in [-0.15, -0.1) is 0 Å². The molecule has 1 unspecified atom stereocenters. The summed E-state index contributed by atoms with van der Waals surface area (Å²) in [6, 6.07) is 4.67. The second-order valence-corrected chi connectivity index (χ2v) is 6.46. The smallest absolute Gasteiger partial charge is 0.234 e. The van der Waals surface area contributed by atoms with E-state index in [0.29, 0.717) is 18.3 Å². The van der Waals surface area contributed by atoms with Gasteiger partial charge in [0.05, 0.1) is 31.1 Å². The van der Waals surface area contributed by atoms with E-state index in [9.17, 15) is 9.50 Å². The SMILES string of the molecule is CCOc1cncc(NC(C)c2cc(F)ccc2N2CCC(O)CC2)n1. The number of anilines is 2. The summed E-state index contributed by atoms with van der Waals surface area (Å²) in [5.74, 6) is 0.755. The fourth-order valence-corrected chi connectivity index (χ4v) is 3.20. The number of hydrogen-bond acceptors (Lipinski definition) is 6. The maximum absolute atomic E-state index is 13.9. The summed E-state index contributed by atoms with van der Waals surface area (Å²) in [5, 5.41) is 13.0. The monoisotopic (exact) mass is 360 g/mol. The Kier molecular flexibility index (Phi) is 5.88. The minimum Gasteiger partial charge on any atom is -0.477 e. The van der Waals surface area contributed by atoms with Gasteiger partial charge in [0.1, 0.15) is 11.6 Å². The van der Waals surface area contributed by atoms with Crippen LogP contribution in [0, 0.1) is 5.82 Å². The topological polar surface area (TPSA) is 70.5 Å². The average Bonchev–Trinajstić information content (AvgIpc) is 2.63. The van der Waals surface area contributed by atoms with E-state index in [2.05, 4.69) is 20.2 Å². The number of rotatable bonds is 6. The fraction of sp³-hybridized carbons (Fsp3) is 0.474. The van der Waals surface area contributed by atoms with E-state index in [1.165, 1.54) is 6.07 Å². The Bertz CT molecular complexity index is 735. The summed E-state index contributed by atoms with van der Waals surface area (Å²) >= 11 is 0. The minimum atomic E-state index is -0.274. The molecule has 2 aromatic rings.